The average molecular weight is 291 g/mol. The van der Waals surface area contributed by atoms with Crippen molar-refractivity contribution in [1.29, 1.82) is 0 Å². The first kappa shape index (κ1) is 15.3. The van der Waals surface area contributed by atoms with Crippen molar-refractivity contribution in [3.63, 3.8) is 0 Å². The lowest BCUT2D eigenvalue weighted by molar-refractivity contribution is 0.457. The summed E-state index contributed by atoms with van der Waals surface area (Å²) in [6, 6.07) is 3.72. The minimum atomic E-state index is -3.69. The summed E-state index contributed by atoms with van der Waals surface area (Å²) in [6.07, 6.45) is 0. The van der Waals surface area contributed by atoms with Gasteiger partial charge in [0.1, 0.15) is 5.75 Å². The standard InChI is InChI=1S/C13H19ClO3S/c1-8(2)10-5-6-11(9(3)4)13(15)12(10)7-18(14,16)17/h5-6,8-9,15H,7H2,1-4H3. The SMILES string of the molecule is CC(C)c1ccc(C(C)C)c(CS(=O)(=O)Cl)c1O. The second kappa shape index (κ2) is 5.49. The van der Waals surface area contributed by atoms with E-state index < -0.39 is 9.05 Å². The van der Waals surface area contributed by atoms with Crippen LogP contribution in [0.3, 0.4) is 0 Å². The van der Waals surface area contributed by atoms with Gasteiger partial charge in [-0.3, -0.25) is 0 Å². The van der Waals surface area contributed by atoms with Crippen molar-refractivity contribution in [2.45, 2.75) is 45.3 Å². The number of hydrogen-bond donors (Lipinski definition) is 1. The van der Waals surface area contributed by atoms with E-state index in [1.54, 1.807) is 0 Å². The van der Waals surface area contributed by atoms with Crippen LogP contribution in [0.2, 0.25) is 0 Å². The second-order valence-electron chi connectivity index (χ2n) is 5.06. The smallest absolute Gasteiger partial charge is 0.236 e. The van der Waals surface area contributed by atoms with E-state index in [9.17, 15) is 13.5 Å². The van der Waals surface area contributed by atoms with Crippen LogP contribution in [0.5, 0.6) is 5.75 Å². The number of rotatable bonds is 4. The van der Waals surface area contributed by atoms with Crippen molar-refractivity contribution in [3.05, 3.63) is 28.8 Å². The van der Waals surface area contributed by atoms with Crippen LogP contribution in [0.15, 0.2) is 12.1 Å². The highest BCUT2D eigenvalue weighted by atomic mass is 35.7. The highest BCUT2D eigenvalue weighted by Crippen LogP contribution is 2.35. The molecule has 1 N–H and O–H groups in total. The number of phenols is 1. The van der Waals surface area contributed by atoms with Gasteiger partial charge >= 0.3 is 0 Å². The molecule has 0 radical (unpaired) electrons. The largest absolute Gasteiger partial charge is 0.507 e. The van der Waals surface area contributed by atoms with Crippen LogP contribution in [-0.2, 0) is 14.8 Å². The number of benzene rings is 1. The lowest BCUT2D eigenvalue weighted by Gasteiger charge is -2.18. The Hall–Kier alpha value is -0.740. The van der Waals surface area contributed by atoms with Crippen LogP contribution < -0.4 is 0 Å². The summed E-state index contributed by atoms with van der Waals surface area (Å²) in [5.41, 5.74) is 1.99. The van der Waals surface area contributed by atoms with Gasteiger partial charge in [-0.1, -0.05) is 39.8 Å². The number of aromatic hydroxyl groups is 1. The molecule has 0 aliphatic heterocycles. The van der Waals surface area contributed by atoms with Gasteiger partial charge in [0.05, 0.1) is 5.75 Å². The molecular weight excluding hydrogens is 272 g/mol. The van der Waals surface area contributed by atoms with E-state index in [2.05, 4.69) is 0 Å². The van der Waals surface area contributed by atoms with Gasteiger partial charge in [-0.05, 0) is 23.0 Å². The van der Waals surface area contributed by atoms with Gasteiger partial charge in [-0.15, -0.1) is 0 Å². The molecular formula is C13H19ClO3S. The summed E-state index contributed by atoms with van der Waals surface area (Å²) in [7, 11) is 1.62. The van der Waals surface area contributed by atoms with E-state index in [1.807, 2.05) is 39.8 Å². The fourth-order valence-corrected chi connectivity index (χ4v) is 2.98. The van der Waals surface area contributed by atoms with Crippen molar-refractivity contribution in [3.8, 4) is 5.75 Å². The van der Waals surface area contributed by atoms with Crippen molar-refractivity contribution in [2.24, 2.45) is 0 Å². The zero-order valence-corrected chi connectivity index (χ0v) is 12.6. The Labute approximate surface area is 113 Å². The molecule has 3 nitrogen and oxygen atoms in total. The molecule has 5 heteroatoms. The Morgan fingerprint density at radius 2 is 1.56 bits per heavy atom. The summed E-state index contributed by atoms with van der Waals surface area (Å²) < 4.78 is 22.5. The predicted octanol–water partition coefficient (Wildman–Crippen LogP) is 3.71. The monoisotopic (exact) mass is 290 g/mol. The molecule has 0 aliphatic rings. The molecule has 1 aromatic rings. The van der Waals surface area contributed by atoms with Crippen molar-refractivity contribution >= 4 is 19.7 Å². The van der Waals surface area contributed by atoms with Crippen LogP contribution in [0.4, 0.5) is 0 Å². The molecule has 0 heterocycles. The van der Waals surface area contributed by atoms with Crippen LogP contribution >= 0.6 is 10.7 Å². The Kier molecular flexibility index (Phi) is 4.67. The lowest BCUT2D eigenvalue weighted by atomic mass is 9.91. The first-order chi connectivity index (χ1) is 8.13. The van der Waals surface area contributed by atoms with Crippen molar-refractivity contribution in [2.75, 3.05) is 0 Å². The molecule has 0 aliphatic carbocycles. The molecule has 0 saturated heterocycles. The molecule has 1 rings (SSSR count). The molecule has 0 atom stereocenters. The molecule has 102 valence electrons. The van der Waals surface area contributed by atoms with Gasteiger partial charge in [0.2, 0.25) is 9.05 Å². The maximum atomic E-state index is 11.3. The number of hydrogen-bond acceptors (Lipinski definition) is 3. The van der Waals surface area contributed by atoms with E-state index >= 15 is 0 Å². The molecule has 18 heavy (non-hydrogen) atoms. The third kappa shape index (κ3) is 3.62. The summed E-state index contributed by atoms with van der Waals surface area (Å²) >= 11 is 0. The molecule has 1 aromatic carbocycles. The predicted molar refractivity (Wildman–Crippen MR) is 74.8 cm³/mol. The van der Waals surface area contributed by atoms with E-state index in [0.29, 0.717) is 5.56 Å². The molecule has 0 fully saturated rings. The van der Waals surface area contributed by atoms with Crippen LogP contribution in [-0.4, -0.2) is 13.5 Å². The van der Waals surface area contributed by atoms with E-state index in [0.717, 1.165) is 11.1 Å². The van der Waals surface area contributed by atoms with Gasteiger partial charge in [0, 0.05) is 16.2 Å². The lowest BCUT2D eigenvalue weighted by Crippen LogP contribution is -2.04. The van der Waals surface area contributed by atoms with E-state index in [4.69, 9.17) is 10.7 Å². The first-order valence-electron chi connectivity index (χ1n) is 5.90. The Bertz CT molecular complexity index is 533. The third-order valence-electron chi connectivity index (χ3n) is 2.91. The molecule has 0 spiro atoms. The normalized spacial score (nSPS) is 12.4. The van der Waals surface area contributed by atoms with Crippen molar-refractivity contribution in [1.82, 2.24) is 0 Å². The summed E-state index contributed by atoms with van der Waals surface area (Å²) in [5.74, 6) is -0.0250. The van der Waals surface area contributed by atoms with Gasteiger partial charge in [-0.25, -0.2) is 8.42 Å². The maximum Gasteiger partial charge on any atom is 0.236 e. The highest BCUT2D eigenvalue weighted by Gasteiger charge is 2.20. The topological polar surface area (TPSA) is 54.4 Å². The van der Waals surface area contributed by atoms with Gasteiger partial charge in [0.25, 0.3) is 0 Å². The Morgan fingerprint density at radius 1 is 1.11 bits per heavy atom. The third-order valence-corrected chi connectivity index (χ3v) is 3.87. The fourth-order valence-electron chi connectivity index (χ4n) is 2.00. The Balaban J connectivity index is 3.45. The van der Waals surface area contributed by atoms with E-state index in [-0.39, 0.29) is 23.3 Å². The highest BCUT2D eigenvalue weighted by molar-refractivity contribution is 8.13. The minimum Gasteiger partial charge on any atom is -0.507 e. The van der Waals surface area contributed by atoms with Gasteiger partial charge in [-0.2, -0.15) is 0 Å². The molecule has 0 saturated carbocycles. The van der Waals surface area contributed by atoms with Crippen LogP contribution in [0, 0.1) is 0 Å². The van der Waals surface area contributed by atoms with E-state index in [1.165, 1.54) is 0 Å². The van der Waals surface area contributed by atoms with Crippen molar-refractivity contribution < 1.29 is 13.5 Å². The Morgan fingerprint density at radius 3 is 1.94 bits per heavy atom. The zero-order chi connectivity index (χ0) is 14.1. The molecule has 0 aromatic heterocycles. The maximum absolute atomic E-state index is 11.3. The summed E-state index contributed by atoms with van der Waals surface area (Å²) in [4.78, 5) is 0. The molecule has 0 amide bonds. The number of phenolic OH excluding ortho intramolecular Hbond substituents is 1. The quantitative estimate of drug-likeness (QED) is 0.860. The molecule has 0 unspecified atom stereocenters. The number of halogens is 1. The summed E-state index contributed by atoms with van der Waals surface area (Å²) in [6.45, 7) is 7.80. The van der Waals surface area contributed by atoms with Crippen LogP contribution in [0.25, 0.3) is 0 Å². The minimum absolute atomic E-state index is 0.0559. The zero-order valence-electron chi connectivity index (χ0n) is 11.1. The van der Waals surface area contributed by atoms with Gasteiger partial charge < -0.3 is 5.11 Å². The second-order valence-corrected chi connectivity index (χ2v) is 7.84. The first-order valence-corrected chi connectivity index (χ1v) is 8.38. The van der Waals surface area contributed by atoms with Gasteiger partial charge in [0.15, 0.2) is 0 Å². The average Bonchev–Trinajstić information content (AvgIpc) is 2.17. The van der Waals surface area contributed by atoms with Crippen LogP contribution in [0.1, 0.15) is 56.2 Å². The molecule has 0 bridgehead atoms. The fraction of sp³-hybridized carbons (Fsp3) is 0.538. The summed E-state index contributed by atoms with van der Waals surface area (Å²) in [5, 5.41) is 10.2.